The first-order chi connectivity index (χ1) is 10.4. The molecular weight excluding hydrogens is 344 g/mol. The van der Waals surface area contributed by atoms with E-state index in [2.05, 4.69) is 21.2 Å². The van der Waals surface area contributed by atoms with Crippen molar-refractivity contribution in [2.45, 2.75) is 39.8 Å². The lowest BCUT2D eigenvalue weighted by atomic mass is 10.2. The summed E-state index contributed by atoms with van der Waals surface area (Å²) in [6, 6.07) is 9.48. The van der Waals surface area contributed by atoms with Crippen molar-refractivity contribution in [1.29, 1.82) is 0 Å². The first kappa shape index (κ1) is 16.6. The van der Waals surface area contributed by atoms with E-state index < -0.39 is 0 Å². The van der Waals surface area contributed by atoms with Crippen LogP contribution in [0.4, 0.5) is 5.69 Å². The van der Waals surface area contributed by atoms with E-state index in [0.29, 0.717) is 17.1 Å². The summed E-state index contributed by atoms with van der Waals surface area (Å²) in [7, 11) is 0. The number of halogens is 1. The van der Waals surface area contributed by atoms with Gasteiger partial charge in [-0.1, -0.05) is 12.1 Å². The molecule has 0 aliphatic heterocycles. The maximum Gasteiger partial charge on any atom is 0.272 e. The van der Waals surface area contributed by atoms with Gasteiger partial charge in [-0.25, -0.2) is 0 Å². The minimum Gasteiger partial charge on any atom is -0.489 e. The number of carbonyl (C=O) groups is 1. The highest BCUT2D eigenvalue weighted by molar-refractivity contribution is 9.10. The minimum atomic E-state index is -0.154. The molecule has 118 valence electrons. The minimum absolute atomic E-state index is 0.0479. The maximum absolute atomic E-state index is 12.6. The molecule has 4 nitrogen and oxygen atoms in total. The van der Waals surface area contributed by atoms with Crippen LogP contribution in [-0.2, 0) is 0 Å². The number of nitrogens with zero attached hydrogens (tertiary/aromatic N) is 1. The van der Waals surface area contributed by atoms with Crippen LogP contribution >= 0.6 is 15.9 Å². The topological polar surface area (TPSA) is 43.3 Å². The van der Waals surface area contributed by atoms with Crippen molar-refractivity contribution >= 4 is 27.5 Å². The number of anilines is 1. The number of hydrogen-bond acceptors (Lipinski definition) is 2. The third kappa shape index (κ3) is 3.91. The Bertz CT molecular complexity index is 662. The number of hydrogen-bond donors (Lipinski definition) is 1. The van der Waals surface area contributed by atoms with Gasteiger partial charge in [0.15, 0.2) is 0 Å². The molecule has 1 N–H and O–H groups in total. The van der Waals surface area contributed by atoms with Crippen molar-refractivity contribution in [3.63, 3.8) is 0 Å². The average Bonchev–Trinajstić information content (AvgIpc) is 2.83. The van der Waals surface area contributed by atoms with E-state index in [1.54, 1.807) is 0 Å². The van der Waals surface area contributed by atoms with Gasteiger partial charge in [0.25, 0.3) is 5.91 Å². The van der Waals surface area contributed by atoms with Gasteiger partial charge in [-0.05, 0) is 61.8 Å². The molecule has 1 amide bonds. The second kappa shape index (κ2) is 7.01. The number of para-hydroxylation sites is 2. The lowest BCUT2D eigenvalue weighted by Gasteiger charge is -2.16. The molecule has 0 aliphatic carbocycles. The molecule has 5 heteroatoms. The Morgan fingerprint density at radius 1 is 1.23 bits per heavy atom. The van der Waals surface area contributed by atoms with Crippen LogP contribution in [0.25, 0.3) is 0 Å². The first-order valence-corrected chi connectivity index (χ1v) is 8.12. The van der Waals surface area contributed by atoms with Gasteiger partial charge in [0, 0.05) is 16.7 Å². The summed E-state index contributed by atoms with van der Waals surface area (Å²) in [5.41, 5.74) is 1.29. The van der Waals surface area contributed by atoms with E-state index in [4.69, 9.17) is 4.74 Å². The maximum atomic E-state index is 12.6. The van der Waals surface area contributed by atoms with Gasteiger partial charge in [-0.2, -0.15) is 0 Å². The molecule has 1 heterocycles. The Hall–Kier alpha value is -1.75. The fraction of sp³-hybridized carbons (Fsp3) is 0.353. The zero-order chi connectivity index (χ0) is 16.3. The quantitative estimate of drug-likeness (QED) is 0.821. The first-order valence-electron chi connectivity index (χ1n) is 7.33. The third-order valence-corrected chi connectivity index (χ3v) is 3.54. The van der Waals surface area contributed by atoms with Gasteiger partial charge in [0.2, 0.25) is 0 Å². The summed E-state index contributed by atoms with van der Waals surface area (Å²) in [6.45, 7) is 8.00. The second-order valence-electron chi connectivity index (χ2n) is 5.66. The van der Waals surface area contributed by atoms with Gasteiger partial charge in [-0.15, -0.1) is 0 Å². The molecule has 0 saturated heterocycles. The summed E-state index contributed by atoms with van der Waals surface area (Å²) in [4.78, 5) is 12.6. The van der Waals surface area contributed by atoms with Crippen molar-refractivity contribution in [1.82, 2.24) is 4.57 Å². The second-order valence-corrected chi connectivity index (χ2v) is 6.58. The van der Waals surface area contributed by atoms with Crippen LogP contribution in [0.1, 0.15) is 44.2 Å². The van der Waals surface area contributed by atoms with Gasteiger partial charge in [0.1, 0.15) is 11.4 Å². The molecule has 0 fully saturated rings. The number of carbonyl (C=O) groups excluding carboxylic acids is 1. The van der Waals surface area contributed by atoms with E-state index in [1.165, 1.54) is 0 Å². The lowest BCUT2D eigenvalue weighted by molar-refractivity contribution is 0.101. The average molecular weight is 365 g/mol. The van der Waals surface area contributed by atoms with Crippen molar-refractivity contribution in [3.8, 4) is 5.75 Å². The normalized spacial score (nSPS) is 11.0. The highest BCUT2D eigenvalue weighted by Gasteiger charge is 2.16. The van der Waals surface area contributed by atoms with Crippen LogP contribution in [0.15, 0.2) is 41.0 Å². The molecule has 0 saturated carbocycles. The molecule has 0 unspecified atom stereocenters. The van der Waals surface area contributed by atoms with E-state index in [9.17, 15) is 4.79 Å². The number of benzene rings is 1. The van der Waals surface area contributed by atoms with E-state index in [-0.39, 0.29) is 18.1 Å². The van der Waals surface area contributed by atoms with Gasteiger partial charge in [-0.3, -0.25) is 4.79 Å². The standard InChI is InChI=1S/C17H21BrN2O2/c1-11(2)20-10-13(18)9-15(20)17(21)19-14-7-5-6-8-16(14)22-12(3)4/h5-12H,1-4H3,(H,19,21). The molecule has 0 aliphatic rings. The van der Waals surface area contributed by atoms with Gasteiger partial charge in [0.05, 0.1) is 11.8 Å². The Morgan fingerprint density at radius 3 is 2.55 bits per heavy atom. The van der Waals surface area contributed by atoms with Crippen molar-refractivity contribution < 1.29 is 9.53 Å². The number of aromatic nitrogens is 1. The van der Waals surface area contributed by atoms with Crippen LogP contribution in [0, 0.1) is 0 Å². The van der Waals surface area contributed by atoms with Crippen molar-refractivity contribution in [3.05, 3.63) is 46.7 Å². The molecule has 2 rings (SSSR count). The van der Waals surface area contributed by atoms with Gasteiger partial charge >= 0.3 is 0 Å². The van der Waals surface area contributed by atoms with Gasteiger partial charge < -0.3 is 14.6 Å². The van der Waals surface area contributed by atoms with Crippen LogP contribution in [0.2, 0.25) is 0 Å². The predicted molar refractivity (Wildman–Crippen MR) is 92.7 cm³/mol. The Labute approximate surface area is 139 Å². The lowest BCUT2D eigenvalue weighted by Crippen LogP contribution is -2.18. The smallest absolute Gasteiger partial charge is 0.272 e. The zero-order valence-corrected chi connectivity index (χ0v) is 14.8. The Kier molecular flexibility index (Phi) is 5.29. The molecule has 0 spiro atoms. The molecule has 2 aromatic rings. The van der Waals surface area contributed by atoms with E-state index >= 15 is 0 Å². The number of rotatable bonds is 5. The highest BCUT2D eigenvalue weighted by Crippen LogP contribution is 2.26. The van der Waals surface area contributed by atoms with Crippen molar-refractivity contribution in [2.24, 2.45) is 0 Å². The molecule has 0 radical (unpaired) electrons. The van der Waals surface area contributed by atoms with E-state index in [0.717, 1.165) is 4.47 Å². The Morgan fingerprint density at radius 2 is 1.91 bits per heavy atom. The molecule has 0 atom stereocenters. The molecule has 1 aromatic carbocycles. The monoisotopic (exact) mass is 364 g/mol. The summed E-state index contributed by atoms with van der Waals surface area (Å²) in [5, 5.41) is 2.94. The van der Waals surface area contributed by atoms with Crippen LogP contribution < -0.4 is 10.1 Å². The largest absolute Gasteiger partial charge is 0.489 e. The molecule has 1 aromatic heterocycles. The zero-order valence-electron chi connectivity index (χ0n) is 13.3. The number of nitrogens with one attached hydrogen (secondary N) is 1. The fourth-order valence-electron chi connectivity index (χ4n) is 2.17. The summed E-state index contributed by atoms with van der Waals surface area (Å²) < 4.78 is 8.56. The molecular formula is C17H21BrN2O2. The van der Waals surface area contributed by atoms with E-state index in [1.807, 2.05) is 68.8 Å². The summed E-state index contributed by atoms with van der Waals surface area (Å²) >= 11 is 3.43. The number of ether oxygens (including phenoxy) is 1. The van der Waals surface area contributed by atoms with Crippen molar-refractivity contribution in [2.75, 3.05) is 5.32 Å². The Balaban J connectivity index is 2.26. The fourth-order valence-corrected chi connectivity index (χ4v) is 2.61. The summed E-state index contributed by atoms with van der Waals surface area (Å²) in [6.07, 6.45) is 1.96. The van der Waals surface area contributed by atoms with Crippen LogP contribution in [-0.4, -0.2) is 16.6 Å². The summed E-state index contributed by atoms with van der Waals surface area (Å²) in [5.74, 6) is 0.520. The van der Waals surface area contributed by atoms with Crippen LogP contribution in [0.3, 0.4) is 0 Å². The van der Waals surface area contributed by atoms with Crippen LogP contribution in [0.5, 0.6) is 5.75 Å². The molecule has 0 bridgehead atoms. The SMILES string of the molecule is CC(C)Oc1ccccc1NC(=O)c1cc(Br)cn1C(C)C. The molecule has 22 heavy (non-hydrogen) atoms. The third-order valence-electron chi connectivity index (χ3n) is 3.10. The highest BCUT2D eigenvalue weighted by atomic mass is 79.9. The number of amides is 1. The predicted octanol–water partition coefficient (Wildman–Crippen LogP) is 4.87.